The average molecular weight is 298 g/mol. The Morgan fingerprint density at radius 3 is 2.84 bits per heavy atom. The van der Waals surface area contributed by atoms with Gasteiger partial charge in [-0.2, -0.15) is 0 Å². The summed E-state index contributed by atoms with van der Waals surface area (Å²) >= 11 is 1.10. The number of pyridine rings is 1. The van der Waals surface area contributed by atoms with Gasteiger partial charge in [-0.1, -0.05) is 6.07 Å². The molecule has 0 aliphatic heterocycles. The Bertz CT molecular complexity index is 623. The minimum absolute atomic E-state index is 0.151. The van der Waals surface area contributed by atoms with Crippen molar-refractivity contribution in [1.82, 2.24) is 9.71 Å². The fraction of sp³-hybridized carbons (Fsp3) is 0.250. The summed E-state index contributed by atoms with van der Waals surface area (Å²) in [6, 6.07) is 5.20. The first-order valence-electron chi connectivity index (χ1n) is 5.68. The van der Waals surface area contributed by atoms with Crippen molar-refractivity contribution in [2.24, 2.45) is 0 Å². The van der Waals surface area contributed by atoms with Gasteiger partial charge in [-0.15, -0.1) is 11.3 Å². The minimum atomic E-state index is -3.48. The van der Waals surface area contributed by atoms with Crippen molar-refractivity contribution in [2.45, 2.75) is 17.2 Å². The highest BCUT2D eigenvalue weighted by Crippen LogP contribution is 2.19. The van der Waals surface area contributed by atoms with E-state index in [4.69, 9.17) is 5.11 Å². The Kier molecular flexibility index (Phi) is 4.65. The van der Waals surface area contributed by atoms with E-state index in [1.54, 1.807) is 17.8 Å². The molecule has 0 atom stereocenters. The predicted octanol–water partition coefficient (Wildman–Crippen LogP) is 1.16. The predicted molar refractivity (Wildman–Crippen MR) is 73.4 cm³/mol. The second-order valence-electron chi connectivity index (χ2n) is 3.94. The third-order valence-electron chi connectivity index (χ3n) is 2.51. The SMILES string of the molecule is O=S(=O)(NCCc1cccnc1)c1cc(CO)cs1. The number of nitrogens with one attached hydrogen (secondary N) is 1. The van der Waals surface area contributed by atoms with Crippen LogP contribution in [0.2, 0.25) is 0 Å². The maximum absolute atomic E-state index is 12.0. The molecule has 2 rings (SSSR count). The molecule has 0 bridgehead atoms. The Hall–Kier alpha value is -1.28. The number of hydrogen-bond acceptors (Lipinski definition) is 5. The number of aliphatic hydroxyl groups excluding tert-OH is 1. The molecule has 0 amide bonds. The van der Waals surface area contributed by atoms with Crippen LogP contribution < -0.4 is 4.72 Å². The lowest BCUT2D eigenvalue weighted by Crippen LogP contribution is -2.25. The monoisotopic (exact) mass is 298 g/mol. The molecule has 2 heterocycles. The van der Waals surface area contributed by atoms with Gasteiger partial charge in [0.2, 0.25) is 10.0 Å². The van der Waals surface area contributed by atoms with Crippen molar-refractivity contribution in [1.29, 1.82) is 0 Å². The molecule has 2 N–H and O–H groups in total. The van der Waals surface area contributed by atoms with Crippen LogP contribution in [0.25, 0.3) is 0 Å². The zero-order chi connectivity index (χ0) is 13.7. The van der Waals surface area contributed by atoms with Gasteiger partial charge in [0.25, 0.3) is 0 Å². The van der Waals surface area contributed by atoms with Gasteiger partial charge in [0, 0.05) is 18.9 Å². The number of hydrogen-bond donors (Lipinski definition) is 2. The first kappa shape index (κ1) is 14.1. The normalized spacial score (nSPS) is 11.6. The molecule has 0 saturated heterocycles. The lowest BCUT2D eigenvalue weighted by Gasteiger charge is -2.04. The fourth-order valence-corrected chi connectivity index (χ4v) is 3.80. The van der Waals surface area contributed by atoms with Crippen LogP contribution in [0.3, 0.4) is 0 Å². The van der Waals surface area contributed by atoms with E-state index in [1.807, 2.05) is 12.1 Å². The standard InChI is InChI=1S/C12H14N2O3S2/c15-8-11-6-12(18-9-11)19(16,17)14-5-3-10-2-1-4-13-7-10/h1-2,4,6-7,9,14-15H,3,5,8H2. The second-order valence-corrected chi connectivity index (χ2v) is 6.85. The largest absolute Gasteiger partial charge is 0.392 e. The minimum Gasteiger partial charge on any atom is -0.392 e. The molecule has 0 aliphatic carbocycles. The summed E-state index contributed by atoms with van der Waals surface area (Å²) in [5.74, 6) is 0. The highest BCUT2D eigenvalue weighted by Gasteiger charge is 2.15. The molecule has 5 nitrogen and oxygen atoms in total. The van der Waals surface area contributed by atoms with Gasteiger partial charge in [0.15, 0.2) is 0 Å². The summed E-state index contributed by atoms with van der Waals surface area (Å²) in [6.07, 6.45) is 3.98. The van der Waals surface area contributed by atoms with Crippen molar-refractivity contribution < 1.29 is 13.5 Å². The highest BCUT2D eigenvalue weighted by molar-refractivity contribution is 7.91. The first-order chi connectivity index (χ1) is 9.12. The molecular formula is C12H14N2O3S2. The van der Waals surface area contributed by atoms with E-state index < -0.39 is 10.0 Å². The van der Waals surface area contributed by atoms with Crippen LogP contribution in [-0.4, -0.2) is 25.1 Å². The van der Waals surface area contributed by atoms with Gasteiger partial charge in [-0.05, 0) is 35.1 Å². The molecule has 0 radical (unpaired) electrons. The van der Waals surface area contributed by atoms with E-state index in [2.05, 4.69) is 9.71 Å². The fourth-order valence-electron chi connectivity index (χ4n) is 1.52. The molecule has 2 aromatic rings. The van der Waals surface area contributed by atoms with Gasteiger partial charge >= 0.3 is 0 Å². The summed E-state index contributed by atoms with van der Waals surface area (Å²) in [7, 11) is -3.48. The highest BCUT2D eigenvalue weighted by atomic mass is 32.2. The van der Waals surface area contributed by atoms with Gasteiger partial charge in [-0.3, -0.25) is 4.98 Å². The molecule has 0 aromatic carbocycles. The number of rotatable bonds is 6. The molecular weight excluding hydrogens is 284 g/mol. The van der Waals surface area contributed by atoms with Crippen molar-refractivity contribution >= 4 is 21.4 Å². The van der Waals surface area contributed by atoms with E-state index in [1.165, 1.54) is 6.07 Å². The third-order valence-corrected chi connectivity index (χ3v) is 5.46. The van der Waals surface area contributed by atoms with E-state index in [9.17, 15) is 8.42 Å². The number of thiophene rings is 1. The number of aliphatic hydroxyl groups is 1. The molecule has 0 spiro atoms. The smallest absolute Gasteiger partial charge is 0.250 e. The lowest BCUT2D eigenvalue weighted by molar-refractivity contribution is 0.282. The Balaban J connectivity index is 1.94. The first-order valence-corrected chi connectivity index (χ1v) is 8.05. The van der Waals surface area contributed by atoms with Crippen LogP contribution in [0.5, 0.6) is 0 Å². The second kappa shape index (κ2) is 6.25. The van der Waals surface area contributed by atoms with E-state index in [-0.39, 0.29) is 10.8 Å². The number of sulfonamides is 1. The average Bonchev–Trinajstić information content (AvgIpc) is 2.89. The molecule has 0 unspecified atom stereocenters. The number of nitrogens with zero attached hydrogens (tertiary/aromatic N) is 1. The van der Waals surface area contributed by atoms with Gasteiger partial charge in [0.1, 0.15) is 4.21 Å². The van der Waals surface area contributed by atoms with Crippen LogP contribution in [0.15, 0.2) is 40.2 Å². The van der Waals surface area contributed by atoms with Crippen LogP contribution in [0.1, 0.15) is 11.1 Å². The van der Waals surface area contributed by atoms with Crippen LogP contribution >= 0.6 is 11.3 Å². The molecule has 0 saturated carbocycles. The van der Waals surface area contributed by atoms with Crippen LogP contribution in [-0.2, 0) is 23.1 Å². The zero-order valence-electron chi connectivity index (χ0n) is 10.1. The Morgan fingerprint density at radius 1 is 1.37 bits per heavy atom. The maximum atomic E-state index is 12.0. The maximum Gasteiger partial charge on any atom is 0.250 e. The van der Waals surface area contributed by atoms with E-state index >= 15 is 0 Å². The molecule has 0 fully saturated rings. The summed E-state index contributed by atoms with van der Waals surface area (Å²) in [4.78, 5) is 3.97. The molecule has 2 aromatic heterocycles. The quantitative estimate of drug-likeness (QED) is 0.838. The lowest BCUT2D eigenvalue weighted by atomic mass is 10.2. The summed E-state index contributed by atoms with van der Waals surface area (Å²) in [6.45, 7) is 0.169. The van der Waals surface area contributed by atoms with Crippen LogP contribution in [0.4, 0.5) is 0 Å². The molecule has 0 aliphatic rings. The summed E-state index contributed by atoms with van der Waals surface area (Å²) in [5, 5.41) is 10.6. The summed E-state index contributed by atoms with van der Waals surface area (Å²) in [5.41, 5.74) is 1.59. The van der Waals surface area contributed by atoms with E-state index in [0.717, 1.165) is 16.9 Å². The molecule has 7 heteroatoms. The van der Waals surface area contributed by atoms with Gasteiger partial charge < -0.3 is 5.11 Å². The molecule has 102 valence electrons. The van der Waals surface area contributed by atoms with Gasteiger partial charge in [-0.25, -0.2) is 13.1 Å². The van der Waals surface area contributed by atoms with E-state index in [0.29, 0.717) is 18.5 Å². The third kappa shape index (κ3) is 3.84. The van der Waals surface area contributed by atoms with Crippen molar-refractivity contribution in [3.05, 3.63) is 47.1 Å². The number of aromatic nitrogens is 1. The van der Waals surface area contributed by atoms with Crippen LogP contribution in [0, 0.1) is 0 Å². The topological polar surface area (TPSA) is 79.3 Å². The Labute approximate surface area is 116 Å². The Morgan fingerprint density at radius 2 is 2.21 bits per heavy atom. The van der Waals surface area contributed by atoms with Gasteiger partial charge in [0.05, 0.1) is 6.61 Å². The van der Waals surface area contributed by atoms with Crippen molar-refractivity contribution in [2.75, 3.05) is 6.54 Å². The van der Waals surface area contributed by atoms with Crippen molar-refractivity contribution in [3.8, 4) is 0 Å². The zero-order valence-corrected chi connectivity index (χ0v) is 11.7. The molecule has 19 heavy (non-hydrogen) atoms. The van der Waals surface area contributed by atoms with Crippen molar-refractivity contribution in [3.63, 3.8) is 0 Å². The summed E-state index contributed by atoms with van der Waals surface area (Å²) < 4.78 is 26.7.